The molecule has 0 radical (unpaired) electrons. The summed E-state index contributed by atoms with van der Waals surface area (Å²) < 4.78 is 12.3. The maximum absolute atomic E-state index is 6.81. The number of rotatable bonds is 3. The van der Waals surface area contributed by atoms with E-state index in [-0.39, 0.29) is 11.7 Å². The first kappa shape index (κ1) is 14.7. The Bertz CT molecular complexity index is 792. The Hall–Kier alpha value is -1.65. The van der Waals surface area contributed by atoms with Crippen LogP contribution in [0.2, 0.25) is 0 Å². The Morgan fingerprint density at radius 3 is 3.04 bits per heavy atom. The number of fused-ring (bicyclic) bond motifs is 3. The van der Waals surface area contributed by atoms with E-state index in [0.717, 1.165) is 35.5 Å². The Kier molecular flexibility index (Phi) is 3.16. The summed E-state index contributed by atoms with van der Waals surface area (Å²) in [4.78, 5) is 7.21. The van der Waals surface area contributed by atoms with E-state index >= 15 is 0 Å². The fraction of sp³-hybridized carbons (Fsp3) is 0.550. The normalized spacial score (nSPS) is 37.1. The largest absolute Gasteiger partial charge is 0.497 e. The molecule has 1 aromatic carbocycles. The van der Waals surface area contributed by atoms with Crippen LogP contribution < -0.4 is 4.74 Å². The number of morpholine rings is 1. The minimum atomic E-state index is 0.0477. The predicted octanol–water partition coefficient (Wildman–Crippen LogP) is 3.56. The molecule has 4 heteroatoms. The molecule has 5 saturated heterocycles. The second-order valence-corrected chi connectivity index (χ2v) is 7.50. The maximum atomic E-state index is 6.81. The van der Waals surface area contributed by atoms with Gasteiger partial charge in [-0.15, -0.1) is 0 Å². The number of benzene rings is 1. The first-order valence-corrected chi connectivity index (χ1v) is 9.08. The highest BCUT2D eigenvalue weighted by atomic mass is 16.5. The van der Waals surface area contributed by atoms with Crippen molar-refractivity contribution in [3.05, 3.63) is 36.0 Å². The molecule has 5 fully saturated rings. The predicted molar refractivity (Wildman–Crippen MR) is 93.2 cm³/mol. The Morgan fingerprint density at radius 1 is 1.38 bits per heavy atom. The fourth-order valence-electron chi connectivity index (χ4n) is 5.25. The summed E-state index contributed by atoms with van der Waals surface area (Å²) in [5, 5.41) is 1.16. The number of nitrogens with zero attached hydrogens (tertiary/aromatic N) is 2. The van der Waals surface area contributed by atoms with Gasteiger partial charge >= 0.3 is 0 Å². The molecule has 0 spiro atoms. The molecule has 2 unspecified atom stereocenters. The van der Waals surface area contributed by atoms with Gasteiger partial charge < -0.3 is 9.47 Å². The van der Waals surface area contributed by atoms with Crippen molar-refractivity contribution in [2.75, 3.05) is 20.2 Å². The molecule has 0 amide bonds. The summed E-state index contributed by atoms with van der Waals surface area (Å²) in [6, 6.07) is 8.78. The second-order valence-electron chi connectivity index (χ2n) is 7.50. The van der Waals surface area contributed by atoms with Crippen LogP contribution in [0.25, 0.3) is 10.9 Å². The summed E-state index contributed by atoms with van der Waals surface area (Å²) in [6.45, 7) is 4.62. The monoisotopic (exact) mass is 324 g/mol. The van der Waals surface area contributed by atoms with E-state index in [1.807, 2.05) is 18.3 Å². The van der Waals surface area contributed by atoms with Gasteiger partial charge in [0.05, 0.1) is 24.3 Å². The number of methoxy groups -OCH3 is 1. The van der Waals surface area contributed by atoms with Crippen LogP contribution in [0.15, 0.2) is 30.5 Å². The third kappa shape index (κ3) is 1.90. The molecule has 4 nitrogen and oxygen atoms in total. The third-order valence-electron chi connectivity index (χ3n) is 6.57. The van der Waals surface area contributed by atoms with Crippen LogP contribution in [0.5, 0.6) is 5.75 Å². The molecule has 5 atom stereocenters. The molecule has 4 bridgehead atoms. The van der Waals surface area contributed by atoms with E-state index < -0.39 is 0 Å². The highest BCUT2D eigenvalue weighted by Gasteiger charge is 2.58. The van der Waals surface area contributed by atoms with Crippen molar-refractivity contribution >= 4 is 10.9 Å². The van der Waals surface area contributed by atoms with E-state index in [4.69, 9.17) is 9.47 Å². The highest BCUT2D eigenvalue weighted by molar-refractivity contribution is 5.84. The van der Waals surface area contributed by atoms with E-state index in [2.05, 4.69) is 28.9 Å². The van der Waals surface area contributed by atoms with Gasteiger partial charge in [-0.05, 0) is 61.6 Å². The van der Waals surface area contributed by atoms with Crippen molar-refractivity contribution in [3.8, 4) is 5.75 Å². The van der Waals surface area contributed by atoms with Crippen LogP contribution in [-0.2, 0) is 4.74 Å². The number of ether oxygens (including phenoxy) is 2. The van der Waals surface area contributed by atoms with Crippen molar-refractivity contribution in [2.45, 2.75) is 43.9 Å². The van der Waals surface area contributed by atoms with Crippen molar-refractivity contribution < 1.29 is 9.47 Å². The highest BCUT2D eigenvalue weighted by Crippen LogP contribution is 2.54. The molecule has 24 heavy (non-hydrogen) atoms. The van der Waals surface area contributed by atoms with Crippen molar-refractivity contribution in [1.29, 1.82) is 0 Å². The molecule has 7 rings (SSSR count). The second kappa shape index (κ2) is 5.17. The van der Waals surface area contributed by atoms with Crippen LogP contribution in [0.1, 0.15) is 37.9 Å². The van der Waals surface area contributed by atoms with Crippen molar-refractivity contribution in [2.24, 2.45) is 5.92 Å². The van der Waals surface area contributed by atoms with Gasteiger partial charge in [0.2, 0.25) is 0 Å². The van der Waals surface area contributed by atoms with Gasteiger partial charge in [-0.3, -0.25) is 9.88 Å². The Balaban J connectivity index is 1.63. The fourth-order valence-corrected chi connectivity index (χ4v) is 5.25. The number of aromatic nitrogens is 1. The topological polar surface area (TPSA) is 34.6 Å². The molecule has 0 aliphatic carbocycles. The lowest BCUT2D eigenvalue weighted by atomic mass is 9.66. The average Bonchev–Trinajstić information content (AvgIpc) is 2.66. The first-order valence-electron chi connectivity index (χ1n) is 9.08. The molecule has 126 valence electrons. The molecule has 0 saturated carbocycles. The Morgan fingerprint density at radius 2 is 2.29 bits per heavy atom. The third-order valence-corrected chi connectivity index (χ3v) is 6.57. The molecule has 1 aromatic heterocycles. The number of hydrogen-bond acceptors (Lipinski definition) is 4. The first-order chi connectivity index (χ1) is 11.7. The summed E-state index contributed by atoms with van der Waals surface area (Å²) in [5.41, 5.74) is 2.34. The molecular weight excluding hydrogens is 300 g/mol. The number of pyridine rings is 1. The van der Waals surface area contributed by atoms with Crippen molar-refractivity contribution in [3.63, 3.8) is 0 Å². The molecule has 2 aromatic rings. The van der Waals surface area contributed by atoms with E-state index in [9.17, 15) is 0 Å². The quantitative estimate of drug-likeness (QED) is 0.865. The minimum Gasteiger partial charge on any atom is -0.497 e. The smallest absolute Gasteiger partial charge is 0.119 e. The molecular formula is C20H24N2O2. The van der Waals surface area contributed by atoms with E-state index in [0.29, 0.717) is 6.04 Å². The molecule has 0 N–H and O–H groups in total. The van der Waals surface area contributed by atoms with E-state index in [1.165, 1.54) is 24.9 Å². The minimum absolute atomic E-state index is 0.0477. The van der Waals surface area contributed by atoms with Crippen LogP contribution in [0, 0.1) is 5.92 Å². The van der Waals surface area contributed by atoms with Crippen LogP contribution >= 0.6 is 0 Å². The summed E-state index contributed by atoms with van der Waals surface area (Å²) in [7, 11) is 1.72. The van der Waals surface area contributed by atoms with Crippen LogP contribution in [-0.4, -0.2) is 41.7 Å². The lowest BCUT2D eigenvalue weighted by molar-refractivity contribution is -0.274. The van der Waals surface area contributed by atoms with Crippen molar-refractivity contribution in [1.82, 2.24) is 9.88 Å². The lowest BCUT2D eigenvalue weighted by Crippen LogP contribution is -2.70. The van der Waals surface area contributed by atoms with Crippen LogP contribution in [0.4, 0.5) is 0 Å². The zero-order chi connectivity index (χ0) is 16.3. The van der Waals surface area contributed by atoms with Crippen LogP contribution in [0.3, 0.4) is 0 Å². The molecule has 6 heterocycles. The molecule has 5 aliphatic heterocycles. The lowest BCUT2D eigenvalue weighted by Gasteiger charge is -2.64. The van der Waals surface area contributed by atoms with Gasteiger partial charge in [0, 0.05) is 24.2 Å². The SMILES string of the molecule is CC[C@]12CN3CCC1C[C@@H]3[C@H](c1ccnc3ccc(OC)cc13)O2. The van der Waals surface area contributed by atoms with Gasteiger partial charge in [0.15, 0.2) is 0 Å². The standard InChI is InChI=1S/C20H24N2O2/c1-3-20-12-22-9-7-13(20)10-18(22)19(24-20)15-6-8-21-17-5-4-14(23-2)11-16(15)17/h4-6,8,11,13,18-19H,3,7,9-10,12H2,1-2H3/t13?,18-,19+,20+/m1/s1. The summed E-state index contributed by atoms with van der Waals surface area (Å²) in [6.07, 6.45) is 5.73. The van der Waals surface area contributed by atoms with Gasteiger partial charge in [-0.25, -0.2) is 0 Å². The Labute approximate surface area is 142 Å². The van der Waals surface area contributed by atoms with Gasteiger partial charge in [-0.2, -0.15) is 0 Å². The number of hydrogen-bond donors (Lipinski definition) is 0. The van der Waals surface area contributed by atoms with Gasteiger partial charge in [0.25, 0.3) is 0 Å². The average molecular weight is 324 g/mol. The van der Waals surface area contributed by atoms with Gasteiger partial charge in [0.1, 0.15) is 5.75 Å². The van der Waals surface area contributed by atoms with E-state index in [1.54, 1.807) is 7.11 Å². The maximum Gasteiger partial charge on any atom is 0.119 e. The summed E-state index contributed by atoms with van der Waals surface area (Å²) in [5.74, 6) is 1.61. The molecule has 5 aliphatic rings. The number of piperidine rings is 3. The zero-order valence-electron chi connectivity index (χ0n) is 14.4. The zero-order valence-corrected chi connectivity index (χ0v) is 14.4. The summed E-state index contributed by atoms with van der Waals surface area (Å²) >= 11 is 0. The van der Waals surface area contributed by atoms with Gasteiger partial charge in [-0.1, -0.05) is 6.92 Å².